The zero-order valence-electron chi connectivity index (χ0n) is 17.3. The van der Waals surface area contributed by atoms with E-state index in [1.807, 2.05) is 19.9 Å². The molecule has 32 heavy (non-hydrogen) atoms. The molecule has 0 aliphatic heterocycles. The van der Waals surface area contributed by atoms with Crippen molar-refractivity contribution in [2.45, 2.75) is 13.8 Å². The molecule has 0 saturated heterocycles. The van der Waals surface area contributed by atoms with Gasteiger partial charge in [0, 0.05) is 18.1 Å². The van der Waals surface area contributed by atoms with Gasteiger partial charge in [-0.25, -0.2) is 14.1 Å². The molecule has 0 unspecified atom stereocenters. The van der Waals surface area contributed by atoms with Crippen LogP contribution in [0.25, 0.3) is 5.82 Å². The summed E-state index contributed by atoms with van der Waals surface area (Å²) < 4.78 is 15.5. The van der Waals surface area contributed by atoms with Crippen molar-refractivity contribution in [1.29, 1.82) is 0 Å². The number of anilines is 2. The summed E-state index contributed by atoms with van der Waals surface area (Å²) in [6, 6.07) is 13.8. The molecular formula is C23H19FN6O2. The molecule has 0 atom stereocenters. The van der Waals surface area contributed by atoms with Crippen molar-refractivity contribution >= 4 is 23.2 Å². The number of hydrogen-bond acceptors (Lipinski definition) is 5. The predicted molar refractivity (Wildman–Crippen MR) is 117 cm³/mol. The van der Waals surface area contributed by atoms with Gasteiger partial charge in [-0.1, -0.05) is 6.07 Å². The molecule has 0 bridgehead atoms. The maximum absolute atomic E-state index is 13.8. The number of halogens is 1. The Bertz CT molecular complexity index is 1290. The Morgan fingerprint density at radius 2 is 1.72 bits per heavy atom. The second kappa shape index (κ2) is 8.76. The largest absolute Gasteiger partial charge is 0.320 e. The van der Waals surface area contributed by atoms with E-state index >= 15 is 0 Å². The van der Waals surface area contributed by atoms with E-state index in [9.17, 15) is 14.0 Å². The second-order valence-corrected chi connectivity index (χ2v) is 7.06. The van der Waals surface area contributed by atoms with Gasteiger partial charge in [0.05, 0.1) is 22.6 Å². The minimum Gasteiger partial charge on any atom is -0.320 e. The Kier molecular flexibility index (Phi) is 5.71. The van der Waals surface area contributed by atoms with Crippen molar-refractivity contribution in [3.05, 3.63) is 95.5 Å². The number of carbonyl (C=O) groups is 2. The van der Waals surface area contributed by atoms with Crippen LogP contribution in [0.3, 0.4) is 0 Å². The Balaban J connectivity index is 1.53. The van der Waals surface area contributed by atoms with E-state index in [4.69, 9.17) is 0 Å². The first-order chi connectivity index (χ1) is 15.4. The first-order valence-electron chi connectivity index (χ1n) is 9.74. The van der Waals surface area contributed by atoms with E-state index in [1.165, 1.54) is 24.5 Å². The first-order valence-corrected chi connectivity index (χ1v) is 9.74. The third kappa shape index (κ3) is 4.51. The highest BCUT2D eigenvalue weighted by Gasteiger charge is 2.15. The molecule has 4 rings (SSSR count). The molecule has 2 amide bonds. The average Bonchev–Trinajstić information content (AvgIpc) is 3.14. The Labute approximate surface area is 183 Å². The number of nitrogens with zero attached hydrogens (tertiary/aromatic N) is 4. The van der Waals surface area contributed by atoms with Gasteiger partial charge < -0.3 is 10.6 Å². The van der Waals surface area contributed by atoms with Crippen molar-refractivity contribution in [1.82, 2.24) is 19.7 Å². The number of benzene rings is 1. The Morgan fingerprint density at radius 3 is 2.38 bits per heavy atom. The van der Waals surface area contributed by atoms with E-state index in [-0.39, 0.29) is 22.6 Å². The van der Waals surface area contributed by atoms with Gasteiger partial charge >= 0.3 is 0 Å². The lowest BCUT2D eigenvalue weighted by molar-refractivity contribution is 0.101. The Morgan fingerprint density at radius 1 is 0.906 bits per heavy atom. The fraction of sp³-hybridized carbons (Fsp3) is 0.0870. The number of nitrogens with one attached hydrogen (secondary N) is 2. The van der Waals surface area contributed by atoms with Crippen molar-refractivity contribution < 1.29 is 14.0 Å². The van der Waals surface area contributed by atoms with Crippen LogP contribution in [-0.2, 0) is 0 Å². The fourth-order valence-electron chi connectivity index (χ4n) is 3.11. The molecular weight excluding hydrogens is 411 g/mol. The van der Waals surface area contributed by atoms with E-state index in [2.05, 4.69) is 25.7 Å². The van der Waals surface area contributed by atoms with Crippen molar-refractivity contribution in [2.75, 3.05) is 10.6 Å². The van der Waals surface area contributed by atoms with Crippen LogP contribution < -0.4 is 10.6 Å². The smallest absolute Gasteiger partial charge is 0.274 e. The number of rotatable bonds is 5. The molecule has 0 aliphatic rings. The van der Waals surface area contributed by atoms with E-state index < -0.39 is 17.6 Å². The monoisotopic (exact) mass is 430 g/mol. The highest BCUT2D eigenvalue weighted by molar-refractivity contribution is 6.09. The lowest BCUT2D eigenvalue weighted by atomic mass is 10.2. The number of hydrogen-bond donors (Lipinski definition) is 2. The van der Waals surface area contributed by atoms with Crippen LogP contribution in [-0.4, -0.2) is 31.6 Å². The summed E-state index contributed by atoms with van der Waals surface area (Å²) in [5, 5.41) is 9.63. The molecule has 0 spiro atoms. The summed E-state index contributed by atoms with van der Waals surface area (Å²) >= 11 is 0. The average molecular weight is 430 g/mol. The number of aromatic nitrogens is 4. The van der Waals surface area contributed by atoms with Gasteiger partial charge in [0.1, 0.15) is 11.5 Å². The molecule has 0 radical (unpaired) electrons. The van der Waals surface area contributed by atoms with Gasteiger partial charge in [0.15, 0.2) is 5.82 Å². The summed E-state index contributed by atoms with van der Waals surface area (Å²) in [7, 11) is 0. The molecule has 3 heterocycles. The molecule has 4 aromatic rings. The quantitative estimate of drug-likeness (QED) is 0.500. The molecule has 0 fully saturated rings. The predicted octanol–water partition coefficient (Wildman–Crippen LogP) is 3.92. The minimum absolute atomic E-state index is 0.113. The lowest BCUT2D eigenvalue weighted by Crippen LogP contribution is -2.18. The third-order valence-electron chi connectivity index (χ3n) is 4.61. The van der Waals surface area contributed by atoms with E-state index in [1.54, 1.807) is 35.0 Å². The van der Waals surface area contributed by atoms with Gasteiger partial charge in [-0.3, -0.25) is 14.6 Å². The zero-order valence-corrected chi connectivity index (χ0v) is 17.3. The van der Waals surface area contributed by atoms with Gasteiger partial charge in [0.25, 0.3) is 11.8 Å². The number of carbonyl (C=O) groups excluding carboxylic acids is 2. The first kappa shape index (κ1) is 20.9. The standard InChI is InChI=1S/C23H19FN6O2/c1-14-11-15(2)30(29-14)21-9-6-16(13-26-21)22(31)28-20-12-17(24)7-8-18(20)27-23(32)19-5-3-4-10-25-19/h3-13H,1-2H3,(H,27,32)(H,28,31). The fourth-order valence-corrected chi connectivity index (χ4v) is 3.11. The van der Waals surface area contributed by atoms with Gasteiger partial charge in [-0.15, -0.1) is 0 Å². The molecule has 2 N–H and O–H groups in total. The van der Waals surface area contributed by atoms with Crippen LogP contribution in [0.4, 0.5) is 15.8 Å². The number of aryl methyl sites for hydroxylation is 2. The van der Waals surface area contributed by atoms with Crippen LogP contribution in [0.15, 0.2) is 67.0 Å². The molecule has 0 aliphatic carbocycles. The number of amides is 2. The number of pyridine rings is 2. The van der Waals surface area contributed by atoms with Crippen LogP contribution in [0.5, 0.6) is 0 Å². The van der Waals surface area contributed by atoms with Gasteiger partial charge in [0.2, 0.25) is 0 Å². The third-order valence-corrected chi connectivity index (χ3v) is 4.61. The second-order valence-electron chi connectivity index (χ2n) is 7.06. The van der Waals surface area contributed by atoms with Crippen molar-refractivity contribution in [3.8, 4) is 5.82 Å². The van der Waals surface area contributed by atoms with Gasteiger partial charge in [-0.2, -0.15) is 5.10 Å². The summed E-state index contributed by atoms with van der Waals surface area (Å²) in [5.41, 5.74) is 2.59. The minimum atomic E-state index is -0.561. The maximum Gasteiger partial charge on any atom is 0.274 e. The SMILES string of the molecule is Cc1cc(C)n(-c2ccc(C(=O)Nc3cc(F)ccc3NC(=O)c3ccccn3)cn2)n1. The molecule has 9 heteroatoms. The zero-order chi connectivity index (χ0) is 22.7. The summed E-state index contributed by atoms with van der Waals surface area (Å²) in [4.78, 5) is 33.4. The normalized spacial score (nSPS) is 10.6. The van der Waals surface area contributed by atoms with E-state index in [0.717, 1.165) is 17.5 Å². The summed E-state index contributed by atoms with van der Waals surface area (Å²) in [6.07, 6.45) is 2.90. The van der Waals surface area contributed by atoms with E-state index in [0.29, 0.717) is 5.82 Å². The molecule has 1 aromatic carbocycles. The Hall–Kier alpha value is -4.40. The maximum atomic E-state index is 13.8. The van der Waals surface area contributed by atoms with Crippen LogP contribution in [0.1, 0.15) is 32.2 Å². The molecule has 3 aromatic heterocycles. The van der Waals surface area contributed by atoms with Gasteiger partial charge in [-0.05, 0) is 62.4 Å². The van der Waals surface area contributed by atoms with Crippen LogP contribution in [0, 0.1) is 19.7 Å². The molecule has 160 valence electrons. The van der Waals surface area contributed by atoms with Crippen molar-refractivity contribution in [3.63, 3.8) is 0 Å². The highest BCUT2D eigenvalue weighted by Crippen LogP contribution is 2.24. The topological polar surface area (TPSA) is 102 Å². The highest BCUT2D eigenvalue weighted by atomic mass is 19.1. The van der Waals surface area contributed by atoms with Crippen molar-refractivity contribution in [2.24, 2.45) is 0 Å². The molecule has 8 nitrogen and oxygen atoms in total. The molecule has 0 saturated carbocycles. The summed E-state index contributed by atoms with van der Waals surface area (Å²) in [5.74, 6) is -0.977. The lowest BCUT2D eigenvalue weighted by Gasteiger charge is -2.13. The van der Waals surface area contributed by atoms with Crippen LogP contribution >= 0.6 is 0 Å². The summed E-state index contributed by atoms with van der Waals surface area (Å²) in [6.45, 7) is 3.79. The van der Waals surface area contributed by atoms with Crippen LogP contribution in [0.2, 0.25) is 0 Å².